The molecule has 2 aromatic rings. The largest absolute Gasteiger partial charge is 0.454 e. The normalized spacial score (nSPS) is 20.0. The molecule has 0 aromatic heterocycles. The van der Waals surface area contributed by atoms with E-state index in [1.807, 2.05) is 24.3 Å². The molecule has 0 amide bonds. The van der Waals surface area contributed by atoms with E-state index in [1.54, 1.807) is 19.1 Å². The summed E-state index contributed by atoms with van der Waals surface area (Å²) in [7, 11) is -3.67. The van der Waals surface area contributed by atoms with E-state index in [0.29, 0.717) is 37.4 Å². The molecule has 148 valence electrons. The Labute approximate surface area is 165 Å². The number of aryl methyl sites for hydroxylation is 2. The number of hydrogen-bond acceptors (Lipinski definition) is 5. The predicted molar refractivity (Wildman–Crippen MR) is 104 cm³/mol. The van der Waals surface area contributed by atoms with Crippen molar-refractivity contribution in [2.24, 2.45) is 0 Å². The van der Waals surface area contributed by atoms with Crippen LogP contribution in [-0.4, -0.2) is 45.0 Å². The number of carbonyl (C=O) groups excluding carboxylic acids is 1. The van der Waals surface area contributed by atoms with Crippen LogP contribution in [0.4, 0.5) is 0 Å². The smallest absolute Gasteiger partial charge is 0.339 e. The summed E-state index contributed by atoms with van der Waals surface area (Å²) in [4.78, 5) is 12.9. The zero-order chi connectivity index (χ0) is 19.7. The fraction of sp³-hybridized carbons (Fsp3) is 0.381. The van der Waals surface area contributed by atoms with Gasteiger partial charge in [0.2, 0.25) is 10.0 Å². The number of ether oxygens (including phenoxy) is 2. The minimum atomic E-state index is -3.67. The molecule has 1 heterocycles. The second kappa shape index (κ2) is 7.66. The lowest BCUT2D eigenvalue weighted by Gasteiger charge is -2.26. The molecule has 1 saturated heterocycles. The first-order valence-electron chi connectivity index (χ1n) is 9.44. The second-order valence-electron chi connectivity index (χ2n) is 7.12. The number of rotatable bonds is 4. The molecule has 2 aromatic carbocycles. The van der Waals surface area contributed by atoms with E-state index < -0.39 is 16.0 Å². The topological polar surface area (TPSA) is 72.9 Å². The molecule has 2 aliphatic rings. The molecule has 4 rings (SSSR count). The minimum Gasteiger partial charge on any atom is -0.454 e. The first-order chi connectivity index (χ1) is 13.5. The van der Waals surface area contributed by atoms with E-state index >= 15 is 0 Å². The van der Waals surface area contributed by atoms with Gasteiger partial charge in [-0.3, -0.25) is 0 Å². The van der Waals surface area contributed by atoms with E-state index in [-0.39, 0.29) is 11.0 Å². The van der Waals surface area contributed by atoms with Crippen molar-refractivity contribution >= 4 is 16.0 Å². The van der Waals surface area contributed by atoms with Crippen molar-refractivity contribution in [1.29, 1.82) is 0 Å². The van der Waals surface area contributed by atoms with Gasteiger partial charge in [-0.1, -0.05) is 30.3 Å². The fourth-order valence-corrected chi connectivity index (χ4v) is 5.19. The van der Waals surface area contributed by atoms with Crippen molar-refractivity contribution in [3.63, 3.8) is 0 Å². The predicted octanol–water partition coefficient (Wildman–Crippen LogP) is 2.86. The average Bonchev–Trinajstić information content (AvgIpc) is 3.11. The molecule has 1 aliphatic heterocycles. The summed E-state index contributed by atoms with van der Waals surface area (Å²) in [5, 5.41) is 0. The van der Waals surface area contributed by atoms with Crippen molar-refractivity contribution in [1.82, 2.24) is 4.31 Å². The number of carbonyl (C=O) groups is 1. The molecule has 6 nitrogen and oxygen atoms in total. The van der Waals surface area contributed by atoms with Gasteiger partial charge >= 0.3 is 5.97 Å². The zero-order valence-electron chi connectivity index (χ0n) is 15.8. The van der Waals surface area contributed by atoms with Gasteiger partial charge in [0.25, 0.3) is 0 Å². The number of esters is 1. The molecule has 28 heavy (non-hydrogen) atoms. The maximum absolute atomic E-state index is 12.9. The van der Waals surface area contributed by atoms with Crippen LogP contribution in [-0.2, 0) is 25.9 Å². The Morgan fingerprint density at radius 3 is 2.68 bits per heavy atom. The van der Waals surface area contributed by atoms with Gasteiger partial charge in [-0.05, 0) is 48.6 Å². The van der Waals surface area contributed by atoms with Crippen LogP contribution in [0, 0.1) is 6.92 Å². The lowest BCUT2D eigenvalue weighted by molar-refractivity contribution is 0.0300. The Morgan fingerprint density at radius 1 is 1.14 bits per heavy atom. The molecule has 1 aliphatic carbocycles. The summed E-state index contributed by atoms with van der Waals surface area (Å²) in [6, 6.07) is 12.6. The van der Waals surface area contributed by atoms with Crippen LogP contribution in [0.1, 0.15) is 39.6 Å². The standard InChI is InChI=1S/C21H23NO5S/c1-15-6-8-17(28(24,25)22-10-12-26-13-11-22)14-19(15)21(23)27-20-9-7-16-4-2-3-5-18(16)20/h2-6,8,14,20H,7,9-13H2,1H3/t20-/m1/s1. The van der Waals surface area contributed by atoms with Gasteiger partial charge < -0.3 is 9.47 Å². The second-order valence-corrected chi connectivity index (χ2v) is 9.06. The molecule has 1 fully saturated rings. The van der Waals surface area contributed by atoms with Crippen molar-refractivity contribution in [2.45, 2.75) is 30.8 Å². The summed E-state index contributed by atoms with van der Waals surface area (Å²) >= 11 is 0. The minimum absolute atomic E-state index is 0.110. The number of fused-ring (bicyclic) bond motifs is 1. The molecule has 0 spiro atoms. The Balaban J connectivity index is 1.58. The third-order valence-electron chi connectivity index (χ3n) is 5.36. The van der Waals surface area contributed by atoms with Crippen LogP contribution < -0.4 is 0 Å². The summed E-state index contributed by atoms with van der Waals surface area (Å²) < 4.78 is 38.2. The number of benzene rings is 2. The molecular weight excluding hydrogens is 378 g/mol. The molecule has 0 unspecified atom stereocenters. The first kappa shape index (κ1) is 19.1. The highest BCUT2D eigenvalue weighted by atomic mass is 32.2. The zero-order valence-corrected chi connectivity index (χ0v) is 16.6. The van der Waals surface area contributed by atoms with Gasteiger partial charge in [-0.15, -0.1) is 0 Å². The molecule has 1 atom stereocenters. The highest BCUT2D eigenvalue weighted by Crippen LogP contribution is 2.34. The fourth-order valence-electron chi connectivity index (χ4n) is 3.75. The molecule has 7 heteroatoms. The number of sulfonamides is 1. The molecule has 0 radical (unpaired) electrons. The van der Waals surface area contributed by atoms with Crippen LogP contribution in [0.25, 0.3) is 0 Å². The average molecular weight is 401 g/mol. The van der Waals surface area contributed by atoms with E-state index in [0.717, 1.165) is 18.4 Å². The third-order valence-corrected chi connectivity index (χ3v) is 7.26. The first-order valence-corrected chi connectivity index (χ1v) is 10.9. The van der Waals surface area contributed by atoms with Crippen LogP contribution >= 0.6 is 0 Å². The molecule has 0 saturated carbocycles. The van der Waals surface area contributed by atoms with E-state index in [1.165, 1.54) is 15.9 Å². The maximum atomic E-state index is 12.9. The van der Waals surface area contributed by atoms with Gasteiger partial charge in [0.1, 0.15) is 6.10 Å². The lowest BCUT2D eigenvalue weighted by Crippen LogP contribution is -2.40. The Bertz CT molecular complexity index is 996. The van der Waals surface area contributed by atoms with E-state index in [4.69, 9.17) is 9.47 Å². The quantitative estimate of drug-likeness (QED) is 0.737. The number of hydrogen-bond donors (Lipinski definition) is 0. The number of morpholine rings is 1. The lowest BCUT2D eigenvalue weighted by atomic mass is 10.1. The Hall–Kier alpha value is -2.22. The molecular formula is C21H23NO5S. The van der Waals surface area contributed by atoms with Gasteiger partial charge in [0, 0.05) is 13.1 Å². The van der Waals surface area contributed by atoms with Gasteiger partial charge in [0.05, 0.1) is 23.7 Å². The van der Waals surface area contributed by atoms with E-state index in [9.17, 15) is 13.2 Å². The Morgan fingerprint density at radius 2 is 1.89 bits per heavy atom. The molecule has 0 N–H and O–H groups in total. The highest BCUT2D eigenvalue weighted by Gasteiger charge is 2.29. The Kier molecular flexibility index (Phi) is 5.23. The van der Waals surface area contributed by atoms with Gasteiger partial charge in [0.15, 0.2) is 0 Å². The van der Waals surface area contributed by atoms with Crippen LogP contribution in [0.5, 0.6) is 0 Å². The van der Waals surface area contributed by atoms with Gasteiger partial charge in [-0.25, -0.2) is 13.2 Å². The van der Waals surface area contributed by atoms with Crippen LogP contribution in [0.3, 0.4) is 0 Å². The van der Waals surface area contributed by atoms with Crippen molar-refractivity contribution < 1.29 is 22.7 Å². The van der Waals surface area contributed by atoms with Crippen molar-refractivity contribution in [2.75, 3.05) is 26.3 Å². The third kappa shape index (κ3) is 3.57. The highest BCUT2D eigenvalue weighted by molar-refractivity contribution is 7.89. The van der Waals surface area contributed by atoms with E-state index in [2.05, 4.69) is 0 Å². The SMILES string of the molecule is Cc1ccc(S(=O)(=O)N2CCOCC2)cc1C(=O)O[C@@H]1CCc2ccccc21. The molecule has 0 bridgehead atoms. The monoisotopic (exact) mass is 401 g/mol. The maximum Gasteiger partial charge on any atom is 0.339 e. The number of nitrogens with zero attached hydrogens (tertiary/aromatic N) is 1. The summed E-state index contributed by atoms with van der Waals surface area (Å²) in [5.74, 6) is -0.488. The van der Waals surface area contributed by atoms with Crippen LogP contribution in [0.15, 0.2) is 47.4 Å². The summed E-state index contributed by atoms with van der Waals surface area (Å²) in [5.41, 5.74) is 3.21. The van der Waals surface area contributed by atoms with Crippen molar-refractivity contribution in [3.8, 4) is 0 Å². The summed E-state index contributed by atoms with van der Waals surface area (Å²) in [6.07, 6.45) is 1.33. The van der Waals surface area contributed by atoms with Gasteiger partial charge in [-0.2, -0.15) is 4.31 Å². The van der Waals surface area contributed by atoms with Crippen molar-refractivity contribution in [3.05, 3.63) is 64.7 Å². The van der Waals surface area contributed by atoms with Crippen LogP contribution in [0.2, 0.25) is 0 Å². The summed E-state index contributed by atoms with van der Waals surface area (Å²) in [6.45, 7) is 3.16.